The normalized spacial score (nSPS) is 12.5. The average Bonchev–Trinajstić information content (AvgIpc) is 2.18. The summed E-state index contributed by atoms with van der Waals surface area (Å²) in [7, 11) is 1.66. The summed E-state index contributed by atoms with van der Waals surface area (Å²) in [5.41, 5.74) is 1.25. The van der Waals surface area contributed by atoms with E-state index in [1.165, 1.54) is 5.56 Å². The van der Waals surface area contributed by atoms with Crippen molar-refractivity contribution in [2.45, 2.75) is 19.3 Å². The van der Waals surface area contributed by atoms with Gasteiger partial charge in [-0.05, 0) is 30.0 Å². The topological polar surface area (TPSA) is 29.5 Å². The van der Waals surface area contributed by atoms with E-state index in [1.807, 2.05) is 24.3 Å². The Kier molecular flexibility index (Phi) is 3.77. The van der Waals surface area contributed by atoms with Crippen LogP contribution in [0.4, 0.5) is 0 Å². The van der Waals surface area contributed by atoms with Crippen molar-refractivity contribution in [2.24, 2.45) is 0 Å². The highest BCUT2D eigenvalue weighted by Gasteiger charge is 2.03. The number of rotatable bonds is 4. The molecule has 0 aromatic heterocycles. The number of aliphatic hydroxyl groups excluding tert-OH is 1. The number of hydrogen-bond donors (Lipinski definition) is 1. The van der Waals surface area contributed by atoms with Crippen molar-refractivity contribution >= 4 is 0 Å². The van der Waals surface area contributed by atoms with Gasteiger partial charge in [-0.2, -0.15) is 0 Å². The Morgan fingerprint density at radius 1 is 1.31 bits per heavy atom. The van der Waals surface area contributed by atoms with Crippen molar-refractivity contribution in [2.75, 3.05) is 13.7 Å². The van der Waals surface area contributed by atoms with E-state index in [2.05, 4.69) is 6.92 Å². The van der Waals surface area contributed by atoms with Crippen LogP contribution in [0.3, 0.4) is 0 Å². The maximum absolute atomic E-state index is 8.77. The van der Waals surface area contributed by atoms with Crippen LogP contribution >= 0.6 is 0 Å². The summed E-state index contributed by atoms with van der Waals surface area (Å²) in [5, 5.41) is 8.77. The molecule has 0 aliphatic rings. The molecule has 0 saturated heterocycles. The Hall–Kier alpha value is -1.02. The van der Waals surface area contributed by atoms with Gasteiger partial charge in [0.15, 0.2) is 0 Å². The number of ether oxygens (including phenoxy) is 1. The lowest BCUT2D eigenvalue weighted by atomic mass is 9.98. The van der Waals surface area contributed by atoms with Gasteiger partial charge >= 0.3 is 0 Å². The zero-order valence-corrected chi connectivity index (χ0v) is 8.16. The lowest BCUT2D eigenvalue weighted by molar-refractivity contribution is 0.278. The molecule has 0 fully saturated rings. The summed E-state index contributed by atoms with van der Waals surface area (Å²) in [4.78, 5) is 0. The third-order valence-corrected chi connectivity index (χ3v) is 2.25. The second-order valence-corrected chi connectivity index (χ2v) is 3.19. The Bertz CT molecular complexity index is 241. The fourth-order valence-electron chi connectivity index (χ4n) is 1.29. The van der Waals surface area contributed by atoms with Gasteiger partial charge in [0.1, 0.15) is 5.75 Å². The number of benzene rings is 1. The fraction of sp³-hybridized carbons (Fsp3) is 0.455. The molecule has 1 aromatic carbocycles. The minimum absolute atomic E-state index is 0.243. The molecule has 0 saturated carbocycles. The van der Waals surface area contributed by atoms with E-state index in [4.69, 9.17) is 9.84 Å². The number of methoxy groups -OCH3 is 1. The van der Waals surface area contributed by atoms with Gasteiger partial charge in [0.25, 0.3) is 0 Å². The van der Waals surface area contributed by atoms with Crippen LogP contribution in [0.15, 0.2) is 24.3 Å². The van der Waals surface area contributed by atoms with Crippen LogP contribution in [0.1, 0.15) is 24.8 Å². The molecule has 72 valence electrons. The van der Waals surface area contributed by atoms with Crippen molar-refractivity contribution in [1.82, 2.24) is 0 Å². The Balaban J connectivity index is 2.67. The molecule has 2 heteroatoms. The van der Waals surface area contributed by atoms with Gasteiger partial charge in [-0.1, -0.05) is 19.1 Å². The summed E-state index contributed by atoms with van der Waals surface area (Å²) in [5.74, 6) is 1.29. The molecule has 0 unspecified atom stereocenters. The number of hydrogen-bond acceptors (Lipinski definition) is 2. The third kappa shape index (κ3) is 2.74. The first-order chi connectivity index (χ1) is 6.27. The molecule has 1 aromatic rings. The van der Waals surface area contributed by atoms with E-state index in [1.54, 1.807) is 7.11 Å². The summed E-state index contributed by atoms with van der Waals surface area (Å²) < 4.78 is 5.06. The summed E-state index contributed by atoms with van der Waals surface area (Å²) in [6.07, 6.45) is 0.812. The maximum atomic E-state index is 8.77. The molecule has 2 nitrogen and oxygen atoms in total. The van der Waals surface area contributed by atoms with E-state index in [0.29, 0.717) is 5.92 Å². The van der Waals surface area contributed by atoms with Gasteiger partial charge in [-0.15, -0.1) is 0 Å². The van der Waals surface area contributed by atoms with E-state index in [0.717, 1.165) is 12.2 Å². The molecule has 0 aliphatic carbocycles. The standard InChI is InChI=1S/C11H16O2/c1-9(7-8-12)10-3-5-11(13-2)6-4-10/h3-6,9,12H,7-8H2,1-2H3/t9-/m1/s1. The summed E-state index contributed by atoms with van der Waals surface area (Å²) >= 11 is 0. The quantitative estimate of drug-likeness (QED) is 0.769. The fourth-order valence-corrected chi connectivity index (χ4v) is 1.29. The molecule has 0 amide bonds. The van der Waals surface area contributed by atoms with Crippen molar-refractivity contribution in [3.05, 3.63) is 29.8 Å². The highest BCUT2D eigenvalue weighted by Crippen LogP contribution is 2.21. The molecule has 1 atom stereocenters. The van der Waals surface area contributed by atoms with Gasteiger partial charge in [0.2, 0.25) is 0 Å². The Morgan fingerprint density at radius 2 is 1.92 bits per heavy atom. The average molecular weight is 180 g/mol. The third-order valence-electron chi connectivity index (χ3n) is 2.25. The van der Waals surface area contributed by atoms with E-state index in [9.17, 15) is 0 Å². The molecule has 0 spiro atoms. The SMILES string of the molecule is COc1ccc([C@H](C)CCO)cc1. The smallest absolute Gasteiger partial charge is 0.118 e. The molecule has 1 N–H and O–H groups in total. The maximum Gasteiger partial charge on any atom is 0.118 e. The monoisotopic (exact) mass is 180 g/mol. The lowest BCUT2D eigenvalue weighted by Gasteiger charge is -2.10. The molecule has 0 heterocycles. The molecular formula is C11H16O2. The Morgan fingerprint density at radius 3 is 2.38 bits per heavy atom. The first-order valence-corrected chi connectivity index (χ1v) is 4.52. The lowest BCUT2D eigenvalue weighted by Crippen LogP contribution is -1.96. The van der Waals surface area contributed by atoms with Crippen LogP contribution in [0.25, 0.3) is 0 Å². The van der Waals surface area contributed by atoms with Crippen LogP contribution in [0.5, 0.6) is 5.75 Å². The first kappa shape index (κ1) is 10.1. The van der Waals surface area contributed by atoms with Gasteiger partial charge in [0.05, 0.1) is 7.11 Å². The van der Waals surface area contributed by atoms with E-state index in [-0.39, 0.29) is 6.61 Å². The predicted octanol–water partition coefficient (Wildman–Crippen LogP) is 2.18. The van der Waals surface area contributed by atoms with Crippen LogP contribution in [-0.2, 0) is 0 Å². The van der Waals surface area contributed by atoms with Crippen molar-refractivity contribution in [3.63, 3.8) is 0 Å². The molecule has 0 aliphatic heterocycles. The first-order valence-electron chi connectivity index (χ1n) is 4.52. The molecule has 13 heavy (non-hydrogen) atoms. The zero-order chi connectivity index (χ0) is 9.68. The van der Waals surface area contributed by atoms with Crippen LogP contribution in [-0.4, -0.2) is 18.8 Å². The van der Waals surface area contributed by atoms with Crippen LogP contribution < -0.4 is 4.74 Å². The van der Waals surface area contributed by atoms with Gasteiger partial charge < -0.3 is 9.84 Å². The molecule has 0 radical (unpaired) electrons. The van der Waals surface area contributed by atoms with Crippen LogP contribution in [0, 0.1) is 0 Å². The van der Waals surface area contributed by atoms with Gasteiger partial charge in [-0.25, -0.2) is 0 Å². The number of aliphatic hydroxyl groups is 1. The second-order valence-electron chi connectivity index (χ2n) is 3.19. The zero-order valence-electron chi connectivity index (χ0n) is 8.16. The van der Waals surface area contributed by atoms with Crippen molar-refractivity contribution in [3.8, 4) is 5.75 Å². The Labute approximate surface area is 79.2 Å². The highest BCUT2D eigenvalue weighted by atomic mass is 16.5. The van der Waals surface area contributed by atoms with Crippen molar-refractivity contribution in [1.29, 1.82) is 0 Å². The molecule has 0 bridgehead atoms. The minimum atomic E-state index is 0.243. The largest absolute Gasteiger partial charge is 0.497 e. The summed E-state index contributed by atoms with van der Waals surface area (Å²) in [6.45, 7) is 2.35. The van der Waals surface area contributed by atoms with Crippen molar-refractivity contribution < 1.29 is 9.84 Å². The van der Waals surface area contributed by atoms with E-state index >= 15 is 0 Å². The van der Waals surface area contributed by atoms with Gasteiger partial charge in [0, 0.05) is 6.61 Å². The van der Waals surface area contributed by atoms with Crippen LogP contribution in [0.2, 0.25) is 0 Å². The molecular weight excluding hydrogens is 164 g/mol. The minimum Gasteiger partial charge on any atom is -0.497 e. The van der Waals surface area contributed by atoms with E-state index < -0.39 is 0 Å². The predicted molar refractivity (Wildman–Crippen MR) is 53.1 cm³/mol. The molecule has 1 rings (SSSR count). The summed E-state index contributed by atoms with van der Waals surface area (Å²) in [6, 6.07) is 7.98. The second kappa shape index (κ2) is 4.87. The van der Waals surface area contributed by atoms with Gasteiger partial charge in [-0.3, -0.25) is 0 Å². The highest BCUT2D eigenvalue weighted by molar-refractivity contribution is 5.28.